The third-order valence-corrected chi connectivity index (χ3v) is 4.51. The van der Waals surface area contributed by atoms with E-state index in [2.05, 4.69) is 30.6 Å². The second kappa shape index (κ2) is 5.14. The van der Waals surface area contributed by atoms with Crippen LogP contribution in [-0.4, -0.2) is 18.4 Å². The summed E-state index contributed by atoms with van der Waals surface area (Å²) < 4.78 is 27.4. The Balaban J connectivity index is 2.33. The lowest BCUT2D eigenvalue weighted by molar-refractivity contribution is 0.601. The molecule has 0 aliphatic rings. The summed E-state index contributed by atoms with van der Waals surface area (Å²) >= 11 is 3.30. The van der Waals surface area contributed by atoms with Crippen molar-refractivity contribution in [3.05, 3.63) is 40.6 Å². The fraction of sp³-hybridized carbons (Fsp3) is 0.0909. The molecule has 0 fully saturated rings. The third kappa shape index (κ3) is 3.21. The van der Waals surface area contributed by atoms with Crippen LogP contribution in [0.2, 0.25) is 0 Å². The maximum absolute atomic E-state index is 12.1. The van der Waals surface area contributed by atoms with E-state index in [0.29, 0.717) is 5.69 Å². The average molecular weight is 343 g/mol. The summed E-state index contributed by atoms with van der Waals surface area (Å²) in [6, 6.07) is 5.94. The third-order valence-electron chi connectivity index (χ3n) is 2.32. The van der Waals surface area contributed by atoms with Gasteiger partial charge in [-0.15, -0.1) is 0 Å². The van der Waals surface area contributed by atoms with Gasteiger partial charge in [0, 0.05) is 16.7 Å². The standard InChI is InChI=1S/C11H11BrN4O2S/c1-7-9(12)2-3-11(15-7)16-19(17,18)8-4-5-14-10(13)6-8/h2-6H,1H3,(H2,13,14)(H,15,16). The minimum absolute atomic E-state index is 0.0439. The summed E-state index contributed by atoms with van der Waals surface area (Å²) in [5.41, 5.74) is 6.16. The zero-order valence-electron chi connectivity index (χ0n) is 9.96. The molecule has 0 saturated heterocycles. The quantitative estimate of drug-likeness (QED) is 0.887. The first kappa shape index (κ1) is 13.8. The van der Waals surface area contributed by atoms with Crippen LogP contribution in [0.5, 0.6) is 0 Å². The molecular weight excluding hydrogens is 332 g/mol. The number of sulfonamides is 1. The van der Waals surface area contributed by atoms with E-state index in [4.69, 9.17) is 5.73 Å². The molecule has 2 aromatic rings. The number of nitrogens with two attached hydrogens (primary N) is 1. The lowest BCUT2D eigenvalue weighted by atomic mass is 10.4. The summed E-state index contributed by atoms with van der Waals surface area (Å²) in [7, 11) is -3.71. The van der Waals surface area contributed by atoms with Gasteiger partial charge in [0.1, 0.15) is 11.6 Å². The van der Waals surface area contributed by atoms with Gasteiger partial charge in [-0.05, 0) is 41.1 Å². The van der Waals surface area contributed by atoms with Crippen LogP contribution in [0.1, 0.15) is 5.69 Å². The van der Waals surface area contributed by atoms with Crippen LogP contribution >= 0.6 is 15.9 Å². The molecule has 2 rings (SSSR count). The number of rotatable bonds is 3. The van der Waals surface area contributed by atoms with Crippen molar-refractivity contribution in [2.75, 3.05) is 10.5 Å². The first-order valence-electron chi connectivity index (χ1n) is 5.26. The number of anilines is 2. The van der Waals surface area contributed by atoms with E-state index in [1.54, 1.807) is 19.1 Å². The van der Waals surface area contributed by atoms with Crippen LogP contribution < -0.4 is 10.5 Å². The molecule has 0 radical (unpaired) electrons. The maximum atomic E-state index is 12.1. The molecule has 6 nitrogen and oxygen atoms in total. The van der Waals surface area contributed by atoms with Crippen molar-refractivity contribution in [2.45, 2.75) is 11.8 Å². The molecule has 0 aliphatic heterocycles. The number of aromatic nitrogens is 2. The van der Waals surface area contributed by atoms with Crippen LogP contribution in [0.15, 0.2) is 39.8 Å². The lowest BCUT2D eigenvalue weighted by Crippen LogP contribution is -2.14. The molecule has 19 heavy (non-hydrogen) atoms. The zero-order valence-corrected chi connectivity index (χ0v) is 12.4. The second-order valence-corrected chi connectivity index (χ2v) is 6.32. The van der Waals surface area contributed by atoms with E-state index in [1.807, 2.05) is 0 Å². The summed E-state index contributed by atoms with van der Waals surface area (Å²) in [6.45, 7) is 1.77. The SMILES string of the molecule is Cc1nc(NS(=O)(=O)c2ccnc(N)c2)ccc1Br. The Labute approximate surface area is 119 Å². The Hall–Kier alpha value is -1.67. The number of nitrogen functional groups attached to an aromatic ring is 1. The Morgan fingerprint density at radius 1 is 1.32 bits per heavy atom. The zero-order chi connectivity index (χ0) is 14.0. The fourth-order valence-corrected chi connectivity index (χ4v) is 2.64. The molecule has 3 N–H and O–H groups in total. The molecule has 0 bridgehead atoms. The second-order valence-electron chi connectivity index (χ2n) is 3.79. The normalized spacial score (nSPS) is 11.3. The number of pyridine rings is 2. The minimum Gasteiger partial charge on any atom is -0.384 e. The highest BCUT2D eigenvalue weighted by atomic mass is 79.9. The van der Waals surface area contributed by atoms with Crippen molar-refractivity contribution >= 4 is 37.6 Å². The molecule has 0 spiro atoms. The van der Waals surface area contributed by atoms with Crippen LogP contribution in [0.3, 0.4) is 0 Å². The highest BCUT2D eigenvalue weighted by Gasteiger charge is 2.15. The van der Waals surface area contributed by atoms with Gasteiger partial charge >= 0.3 is 0 Å². The van der Waals surface area contributed by atoms with Gasteiger partial charge in [0.15, 0.2) is 0 Å². The van der Waals surface area contributed by atoms with Crippen molar-refractivity contribution in [3.8, 4) is 0 Å². The number of halogens is 1. The monoisotopic (exact) mass is 342 g/mol. The van der Waals surface area contributed by atoms with Gasteiger partial charge in [-0.2, -0.15) is 0 Å². The predicted octanol–water partition coefficient (Wildman–Crippen LogP) is 1.93. The van der Waals surface area contributed by atoms with E-state index >= 15 is 0 Å². The smallest absolute Gasteiger partial charge is 0.263 e. The predicted molar refractivity (Wildman–Crippen MR) is 76.1 cm³/mol. The Kier molecular flexibility index (Phi) is 3.72. The van der Waals surface area contributed by atoms with Gasteiger partial charge in [-0.25, -0.2) is 18.4 Å². The summed E-state index contributed by atoms with van der Waals surface area (Å²) in [4.78, 5) is 7.92. The van der Waals surface area contributed by atoms with E-state index < -0.39 is 10.0 Å². The molecule has 2 heterocycles. The molecule has 8 heteroatoms. The molecule has 2 aromatic heterocycles. The maximum Gasteiger partial charge on any atom is 0.263 e. The van der Waals surface area contributed by atoms with Crippen LogP contribution in [0.4, 0.5) is 11.6 Å². The van der Waals surface area contributed by atoms with Crippen molar-refractivity contribution in [3.63, 3.8) is 0 Å². The number of hydrogen-bond donors (Lipinski definition) is 2. The van der Waals surface area contributed by atoms with Crippen molar-refractivity contribution < 1.29 is 8.42 Å². The largest absolute Gasteiger partial charge is 0.384 e. The summed E-state index contributed by atoms with van der Waals surface area (Å²) in [5.74, 6) is 0.388. The number of nitrogens with zero attached hydrogens (tertiary/aromatic N) is 2. The van der Waals surface area contributed by atoms with Crippen molar-refractivity contribution in [2.24, 2.45) is 0 Å². The van der Waals surface area contributed by atoms with Gasteiger partial charge in [-0.1, -0.05) is 0 Å². The molecule has 0 saturated carbocycles. The first-order chi connectivity index (χ1) is 8.88. The average Bonchev–Trinajstić information content (AvgIpc) is 2.33. The molecule has 100 valence electrons. The lowest BCUT2D eigenvalue weighted by Gasteiger charge is -2.08. The van der Waals surface area contributed by atoms with E-state index in [0.717, 1.165) is 4.47 Å². The molecular formula is C11H11BrN4O2S. The van der Waals surface area contributed by atoms with E-state index in [-0.39, 0.29) is 16.5 Å². The van der Waals surface area contributed by atoms with Gasteiger partial charge in [-0.3, -0.25) is 4.72 Å². The van der Waals surface area contributed by atoms with Crippen molar-refractivity contribution in [1.82, 2.24) is 9.97 Å². The van der Waals surface area contributed by atoms with Gasteiger partial charge in [0.25, 0.3) is 10.0 Å². The van der Waals surface area contributed by atoms with Gasteiger partial charge < -0.3 is 5.73 Å². The van der Waals surface area contributed by atoms with Crippen LogP contribution in [0, 0.1) is 6.92 Å². The number of nitrogens with one attached hydrogen (secondary N) is 1. The fourth-order valence-electron chi connectivity index (χ4n) is 1.39. The molecule has 0 atom stereocenters. The van der Waals surface area contributed by atoms with Gasteiger partial charge in [0.05, 0.1) is 10.6 Å². The summed E-state index contributed by atoms with van der Waals surface area (Å²) in [6.07, 6.45) is 1.34. The van der Waals surface area contributed by atoms with E-state index in [1.165, 1.54) is 18.3 Å². The highest BCUT2D eigenvalue weighted by Crippen LogP contribution is 2.19. The number of aryl methyl sites for hydroxylation is 1. The van der Waals surface area contributed by atoms with Crippen molar-refractivity contribution in [1.29, 1.82) is 0 Å². The van der Waals surface area contributed by atoms with Crippen LogP contribution in [-0.2, 0) is 10.0 Å². The molecule has 0 aromatic carbocycles. The molecule has 0 amide bonds. The Morgan fingerprint density at radius 2 is 2.05 bits per heavy atom. The number of hydrogen-bond acceptors (Lipinski definition) is 5. The van der Waals surface area contributed by atoms with Crippen LogP contribution in [0.25, 0.3) is 0 Å². The Bertz CT molecular complexity index is 718. The summed E-state index contributed by atoms with van der Waals surface area (Å²) in [5, 5.41) is 0. The van der Waals surface area contributed by atoms with Gasteiger partial charge in [0.2, 0.25) is 0 Å². The minimum atomic E-state index is -3.71. The molecule has 0 unspecified atom stereocenters. The van der Waals surface area contributed by atoms with E-state index in [9.17, 15) is 8.42 Å². The highest BCUT2D eigenvalue weighted by molar-refractivity contribution is 9.10. The topological polar surface area (TPSA) is 98.0 Å². The Morgan fingerprint density at radius 3 is 2.68 bits per heavy atom. The first-order valence-corrected chi connectivity index (χ1v) is 7.53. The molecule has 0 aliphatic carbocycles.